The van der Waals surface area contributed by atoms with Gasteiger partial charge in [-0.2, -0.15) is 0 Å². The van der Waals surface area contributed by atoms with Crippen molar-refractivity contribution < 1.29 is 14.4 Å². The molecule has 1 unspecified atom stereocenters. The number of esters is 1. The number of nitrogens with one attached hydrogen (secondary N) is 1. The second-order valence-corrected chi connectivity index (χ2v) is 4.13. The van der Waals surface area contributed by atoms with Crippen LogP contribution < -0.4 is 4.90 Å². The van der Waals surface area contributed by atoms with Crippen LogP contribution in [0.3, 0.4) is 0 Å². The molecule has 0 saturated carbocycles. The minimum Gasteiger partial charge on any atom is -0.462 e. The van der Waals surface area contributed by atoms with Gasteiger partial charge in [0.25, 0.3) is 0 Å². The van der Waals surface area contributed by atoms with Crippen molar-refractivity contribution in [1.29, 1.82) is 0 Å². The number of ether oxygens (including phenoxy) is 1. The maximum atomic E-state index is 11.5. The summed E-state index contributed by atoms with van der Waals surface area (Å²) < 4.78 is 5.00. The third-order valence-corrected chi connectivity index (χ3v) is 3.04. The van der Waals surface area contributed by atoms with E-state index in [1.54, 1.807) is 0 Å². The van der Waals surface area contributed by atoms with Gasteiger partial charge in [-0.05, 0) is 20.8 Å². The molecule has 1 rings (SSSR count). The van der Waals surface area contributed by atoms with Crippen molar-refractivity contribution in [3.8, 4) is 0 Å². The summed E-state index contributed by atoms with van der Waals surface area (Å²) in [6.07, 6.45) is 0. The van der Waals surface area contributed by atoms with Crippen LogP contribution in [0.5, 0.6) is 0 Å². The number of likely N-dealkylation sites (N-methyl/N-ethyl adjacent to an activating group) is 1. The van der Waals surface area contributed by atoms with Gasteiger partial charge in [-0.15, -0.1) is 0 Å². The molecule has 1 aromatic rings. The standard InChI is InChI=1S/C14H21NO2/c1-4-15(11-14(16)17-5-2)12(3)13-9-7-6-8-10-13/h6-10,12H,4-5,11H2,1-3H3/p+1/t12-/m0/s1. The smallest absolute Gasteiger partial charge is 0.361 e. The molecule has 0 aromatic heterocycles. The average molecular weight is 236 g/mol. The number of benzene rings is 1. The molecule has 0 aliphatic heterocycles. The molecular weight excluding hydrogens is 214 g/mol. The molecule has 3 nitrogen and oxygen atoms in total. The van der Waals surface area contributed by atoms with Crippen LogP contribution in [0.15, 0.2) is 30.3 Å². The average Bonchev–Trinajstić information content (AvgIpc) is 2.36. The van der Waals surface area contributed by atoms with Crippen molar-refractivity contribution in [3.63, 3.8) is 0 Å². The Hall–Kier alpha value is -1.35. The van der Waals surface area contributed by atoms with Gasteiger partial charge in [0.15, 0.2) is 6.54 Å². The van der Waals surface area contributed by atoms with Crippen LogP contribution >= 0.6 is 0 Å². The molecule has 0 amide bonds. The Labute approximate surface area is 103 Å². The van der Waals surface area contributed by atoms with E-state index in [9.17, 15) is 4.79 Å². The van der Waals surface area contributed by atoms with Crippen LogP contribution in [0, 0.1) is 0 Å². The first-order chi connectivity index (χ1) is 8.19. The Kier molecular flexibility index (Phi) is 5.70. The molecule has 94 valence electrons. The first kappa shape index (κ1) is 13.7. The molecule has 0 aliphatic rings. The lowest BCUT2D eigenvalue weighted by molar-refractivity contribution is -0.921. The highest BCUT2D eigenvalue weighted by Gasteiger charge is 2.21. The number of hydrogen-bond donors (Lipinski definition) is 1. The van der Waals surface area contributed by atoms with Crippen molar-refractivity contribution in [1.82, 2.24) is 0 Å². The van der Waals surface area contributed by atoms with Crippen molar-refractivity contribution in [2.24, 2.45) is 0 Å². The van der Waals surface area contributed by atoms with Crippen molar-refractivity contribution in [3.05, 3.63) is 35.9 Å². The summed E-state index contributed by atoms with van der Waals surface area (Å²) >= 11 is 0. The summed E-state index contributed by atoms with van der Waals surface area (Å²) in [6, 6.07) is 10.6. The van der Waals surface area contributed by atoms with Gasteiger partial charge in [0.2, 0.25) is 0 Å². The third-order valence-electron chi connectivity index (χ3n) is 3.04. The van der Waals surface area contributed by atoms with Gasteiger partial charge < -0.3 is 9.64 Å². The van der Waals surface area contributed by atoms with Crippen molar-refractivity contribution in [2.75, 3.05) is 19.7 Å². The summed E-state index contributed by atoms with van der Waals surface area (Å²) in [7, 11) is 0. The molecule has 3 heteroatoms. The van der Waals surface area contributed by atoms with E-state index in [-0.39, 0.29) is 5.97 Å². The van der Waals surface area contributed by atoms with E-state index in [2.05, 4.69) is 26.0 Å². The molecule has 0 radical (unpaired) electrons. The third kappa shape index (κ3) is 4.19. The van der Waals surface area contributed by atoms with Gasteiger partial charge in [0, 0.05) is 5.56 Å². The number of carbonyl (C=O) groups is 1. The van der Waals surface area contributed by atoms with E-state index in [4.69, 9.17) is 4.74 Å². The predicted molar refractivity (Wildman–Crippen MR) is 67.9 cm³/mol. The molecule has 0 aliphatic carbocycles. The molecule has 1 N–H and O–H groups in total. The van der Waals surface area contributed by atoms with E-state index in [1.807, 2.05) is 25.1 Å². The lowest BCUT2D eigenvalue weighted by Gasteiger charge is -2.24. The zero-order chi connectivity index (χ0) is 12.7. The number of hydrogen-bond acceptors (Lipinski definition) is 2. The first-order valence-corrected chi connectivity index (χ1v) is 6.24. The fraction of sp³-hybridized carbons (Fsp3) is 0.500. The fourth-order valence-corrected chi connectivity index (χ4v) is 1.96. The highest BCUT2D eigenvalue weighted by Crippen LogP contribution is 2.07. The second kappa shape index (κ2) is 7.07. The van der Waals surface area contributed by atoms with Crippen molar-refractivity contribution >= 4 is 5.97 Å². The topological polar surface area (TPSA) is 30.7 Å². The van der Waals surface area contributed by atoms with Crippen LogP contribution in [-0.4, -0.2) is 25.7 Å². The highest BCUT2D eigenvalue weighted by atomic mass is 16.5. The SMILES string of the molecule is CCOC(=O)C[NH+](CC)[C@@H](C)c1ccccc1. The van der Waals surface area contributed by atoms with Crippen molar-refractivity contribution in [2.45, 2.75) is 26.8 Å². The molecule has 0 spiro atoms. The summed E-state index contributed by atoms with van der Waals surface area (Å²) in [4.78, 5) is 12.7. The summed E-state index contributed by atoms with van der Waals surface area (Å²) in [5.41, 5.74) is 1.26. The fourth-order valence-electron chi connectivity index (χ4n) is 1.96. The van der Waals surface area contributed by atoms with Gasteiger partial charge in [0.1, 0.15) is 6.04 Å². The van der Waals surface area contributed by atoms with Crippen LogP contribution in [0.4, 0.5) is 0 Å². The summed E-state index contributed by atoms with van der Waals surface area (Å²) in [5.74, 6) is -0.118. The largest absolute Gasteiger partial charge is 0.462 e. The molecular formula is C14H22NO2+. The Morgan fingerprint density at radius 1 is 1.29 bits per heavy atom. The zero-order valence-corrected chi connectivity index (χ0v) is 10.9. The van der Waals surface area contributed by atoms with Crippen LogP contribution in [0.25, 0.3) is 0 Å². The highest BCUT2D eigenvalue weighted by molar-refractivity contribution is 5.70. The van der Waals surface area contributed by atoms with E-state index in [1.165, 1.54) is 10.5 Å². The molecule has 17 heavy (non-hydrogen) atoms. The normalized spacial score (nSPS) is 14.1. The van der Waals surface area contributed by atoms with Gasteiger partial charge in [-0.25, -0.2) is 4.79 Å². The maximum Gasteiger partial charge on any atom is 0.361 e. The Morgan fingerprint density at radius 2 is 1.94 bits per heavy atom. The van der Waals surface area contributed by atoms with Gasteiger partial charge >= 0.3 is 5.97 Å². The maximum absolute atomic E-state index is 11.5. The Balaban J connectivity index is 2.64. The molecule has 0 saturated heterocycles. The molecule has 1 aromatic carbocycles. The molecule has 2 atom stereocenters. The van der Waals surface area contributed by atoms with Crippen LogP contribution in [0.2, 0.25) is 0 Å². The Bertz CT molecular complexity index is 337. The number of rotatable bonds is 6. The molecule has 0 heterocycles. The first-order valence-electron chi connectivity index (χ1n) is 6.24. The number of quaternary nitrogens is 1. The monoisotopic (exact) mass is 236 g/mol. The predicted octanol–water partition coefficient (Wildman–Crippen LogP) is 1.22. The minimum atomic E-state index is -0.118. The van der Waals surface area contributed by atoms with Gasteiger partial charge in [-0.3, -0.25) is 0 Å². The second-order valence-electron chi connectivity index (χ2n) is 4.13. The van der Waals surface area contributed by atoms with E-state index < -0.39 is 0 Å². The summed E-state index contributed by atoms with van der Waals surface area (Å²) in [6.45, 7) is 7.87. The Morgan fingerprint density at radius 3 is 2.47 bits per heavy atom. The summed E-state index contributed by atoms with van der Waals surface area (Å²) in [5, 5.41) is 0. The zero-order valence-electron chi connectivity index (χ0n) is 10.9. The number of carbonyl (C=O) groups excluding carboxylic acids is 1. The van der Waals surface area contributed by atoms with E-state index in [0.717, 1.165) is 6.54 Å². The van der Waals surface area contributed by atoms with E-state index >= 15 is 0 Å². The lowest BCUT2D eigenvalue weighted by Crippen LogP contribution is -3.12. The lowest BCUT2D eigenvalue weighted by atomic mass is 10.1. The van der Waals surface area contributed by atoms with E-state index in [0.29, 0.717) is 19.2 Å². The van der Waals surface area contributed by atoms with Crippen LogP contribution in [0.1, 0.15) is 32.4 Å². The van der Waals surface area contributed by atoms with Gasteiger partial charge in [-0.1, -0.05) is 30.3 Å². The van der Waals surface area contributed by atoms with Crippen LogP contribution in [-0.2, 0) is 9.53 Å². The van der Waals surface area contributed by atoms with Gasteiger partial charge in [0.05, 0.1) is 13.2 Å². The minimum absolute atomic E-state index is 0.118. The quantitative estimate of drug-likeness (QED) is 0.753. The molecule has 0 bridgehead atoms. The molecule has 0 fully saturated rings.